The zero-order valence-corrected chi connectivity index (χ0v) is 10.6. The van der Waals surface area contributed by atoms with E-state index < -0.39 is 0 Å². The van der Waals surface area contributed by atoms with Crippen molar-refractivity contribution >= 4 is 0 Å². The second kappa shape index (κ2) is 3.79. The molecule has 2 aliphatic rings. The Balaban J connectivity index is 1.84. The Morgan fingerprint density at radius 2 is 2.12 bits per heavy atom. The summed E-state index contributed by atoms with van der Waals surface area (Å²) in [4.78, 5) is 4.65. The van der Waals surface area contributed by atoms with E-state index in [1.165, 1.54) is 24.1 Å². The van der Waals surface area contributed by atoms with E-state index in [0.717, 1.165) is 11.5 Å². The molecule has 0 spiro atoms. The number of aryl methyl sites for hydroxylation is 1. The maximum absolute atomic E-state index is 6.22. The Morgan fingerprint density at radius 3 is 2.59 bits per heavy atom. The smallest absolute Gasteiger partial charge is 0.0898 e. The van der Waals surface area contributed by atoms with Gasteiger partial charge >= 0.3 is 0 Å². The molecular formula is C14H20N2O. The summed E-state index contributed by atoms with van der Waals surface area (Å²) in [7, 11) is 0. The second-order valence-corrected chi connectivity index (χ2v) is 5.85. The highest BCUT2D eigenvalue weighted by atomic mass is 16.5. The van der Waals surface area contributed by atoms with Crippen LogP contribution in [0.2, 0.25) is 0 Å². The molecule has 2 N–H and O–H groups in total. The van der Waals surface area contributed by atoms with Crippen LogP contribution in [0.1, 0.15) is 42.5 Å². The van der Waals surface area contributed by atoms with E-state index in [1.807, 2.05) is 6.20 Å². The molecule has 0 bridgehead atoms. The minimum absolute atomic E-state index is 0.288. The lowest BCUT2D eigenvalue weighted by atomic mass is 9.73. The third kappa shape index (κ3) is 1.78. The van der Waals surface area contributed by atoms with Gasteiger partial charge in [0.15, 0.2) is 0 Å². The normalized spacial score (nSPS) is 30.5. The van der Waals surface area contributed by atoms with Crippen LogP contribution in [0.5, 0.6) is 0 Å². The zero-order valence-electron chi connectivity index (χ0n) is 10.6. The quantitative estimate of drug-likeness (QED) is 0.849. The minimum atomic E-state index is -0.288. The van der Waals surface area contributed by atoms with Crippen molar-refractivity contribution < 1.29 is 4.74 Å². The summed E-state index contributed by atoms with van der Waals surface area (Å²) in [6.07, 6.45) is 4.52. The van der Waals surface area contributed by atoms with Gasteiger partial charge in [-0.2, -0.15) is 0 Å². The fraction of sp³-hybridized carbons (Fsp3) is 0.643. The van der Waals surface area contributed by atoms with E-state index in [9.17, 15) is 0 Å². The molecule has 3 heteroatoms. The van der Waals surface area contributed by atoms with Crippen molar-refractivity contribution in [3.05, 3.63) is 29.1 Å². The maximum Gasteiger partial charge on any atom is 0.0898 e. The first-order valence-electron chi connectivity index (χ1n) is 6.42. The first-order chi connectivity index (χ1) is 8.08. The van der Waals surface area contributed by atoms with Gasteiger partial charge in [0.2, 0.25) is 0 Å². The lowest BCUT2D eigenvalue weighted by Crippen LogP contribution is -2.54. The van der Waals surface area contributed by atoms with E-state index in [4.69, 9.17) is 10.5 Å². The lowest BCUT2D eigenvalue weighted by Gasteiger charge is -2.39. The highest BCUT2D eigenvalue weighted by Crippen LogP contribution is 2.41. The van der Waals surface area contributed by atoms with Gasteiger partial charge in [-0.3, -0.25) is 4.98 Å². The monoisotopic (exact) mass is 232 g/mol. The summed E-state index contributed by atoms with van der Waals surface area (Å²) < 4.78 is 5.20. The highest BCUT2D eigenvalue weighted by Gasteiger charge is 2.37. The second-order valence-electron chi connectivity index (χ2n) is 5.85. The van der Waals surface area contributed by atoms with Crippen molar-refractivity contribution in [2.24, 2.45) is 11.7 Å². The van der Waals surface area contributed by atoms with Crippen LogP contribution in [0, 0.1) is 12.8 Å². The van der Waals surface area contributed by atoms with E-state index in [-0.39, 0.29) is 5.54 Å². The summed E-state index contributed by atoms with van der Waals surface area (Å²) in [5.74, 6) is 1.53. The molecule has 1 aromatic rings. The Morgan fingerprint density at radius 1 is 1.41 bits per heavy atom. The fourth-order valence-corrected chi connectivity index (χ4v) is 2.90. The summed E-state index contributed by atoms with van der Waals surface area (Å²) in [5.41, 5.74) is 9.62. The summed E-state index contributed by atoms with van der Waals surface area (Å²) in [5, 5.41) is 0. The molecule has 2 heterocycles. The van der Waals surface area contributed by atoms with Gasteiger partial charge in [-0.1, -0.05) is 13.0 Å². The highest BCUT2D eigenvalue weighted by molar-refractivity contribution is 5.33. The van der Waals surface area contributed by atoms with Crippen LogP contribution in [0.25, 0.3) is 0 Å². The molecule has 1 aliphatic heterocycles. The molecule has 17 heavy (non-hydrogen) atoms. The van der Waals surface area contributed by atoms with E-state index >= 15 is 0 Å². The topological polar surface area (TPSA) is 48.1 Å². The molecule has 1 aromatic heterocycles. The Kier molecular flexibility index (Phi) is 2.49. The van der Waals surface area contributed by atoms with Gasteiger partial charge < -0.3 is 10.5 Å². The Hall–Kier alpha value is -0.930. The van der Waals surface area contributed by atoms with Crippen molar-refractivity contribution in [3.8, 4) is 0 Å². The van der Waals surface area contributed by atoms with Crippen molar-refractivity contribution in [1.29, 1.82) is 0 Å². The van der Waals surface area contributed by atoms with Gasteiger partial charge in [0.25, 0.3) is 0 Å². The number of pyridine rings is 1. The van der Waals surface area contributed by atoms with E-state index in [0.29, 0.717) is 19.1 Å². The fourth-order valence-electron chi connectivity index (χ4n) is 2.90. The molecule has 0 amide bonds. The van der Waals surface area contributed by atoms with Gasteiger partial charge in [-0.15, -0.1) is 0 Å². The number of rotatable bonds is 2. The van der Waals surface area contributed by atoms with Crippen molar-refractivity contribution in [2.75, 3.05) is 13.2 Å². The molecule has 0 aromatic carbocycles. The molecule has 2 fully saturated rings. The molecule has 0 atom stereocenters. The van der Waals surface area contributed by atoms with Crippen LogP contribution in [0.15, 0.2) is 12.3 Å². The summed E-state index contributed by atoms with van der Waals surface area (Å²) in [6.45, 7) is 5.69. The zero-order chi connectivity index (χ0) is 12.0. The Labute approximate surface area is 102 Å². The molecule has 1 aliphatic carbocycles. The third-order valence-electron chi connectivity index (χ3n) is 4.17. The number of nitrogens with two attached hydrogens (primary N) is 1. The molecule has 1 saturated carbocycles. The number of aromatic nitrogens is 1. The van der Waals surface area contributed by atoms with Gasteiger partial charge in [0.1, 0.15) is 0 Å². The minimum Gasteiger partial charge on any atom is -0.377 e. The number of ether oxygens (including phenoxy) is 1. The molecule has 1 saturated heterocycles. The number of hydrogen-bond donors (Lipinski definition) is 1. The predicted molar refractivity (Wildman–Crippen MR) is 66.8 cm³/mol. The number of hydrogen-bond acceptors (Lipinski definition) is 3. The largest absolute Gasteiger partial charge is 0.377 e. The van der Waals surface area contributed by atoms with Crippen LogP contribution in [-0.2, 0) is 10.3 Å². The molecule has 92 valence electrons. The van der Waals surface area contributed by atoms with E-state index in [2.05, 4.69) is 24.9 Å². The van der Waals surface area contributed by atoms with Crippen molar-refractivity contribution in [3.63, 3.8) is 0 Å². The van der Waals surface area contributed by atoms with E-state index in [1.54, 1.807) is 0 Å². The van der Waals surface area contributed by atoms with Crippen LogP contribution in [0.3, 0.4) is 0 Å². The van der Waals surface area contributed by atoms with Gasteiger partial charge in [0.05, 0.1) is 18.8 Å². The average Bonchev–Trinajstić information content (AvgIpc) is 2.22. The van der Waals surface area contributed by atoms with Gasteiger partial charge in [0, 0.05) is 17.8 Å². The summed E-state index contributed by atoms with van der Waals surface area (Å²) >= 11 is 0. The van der Waals surface area contributed by atoms with Crippen LogP contribution in [0.4, 0.5) is 0 Å². The first-order valence-corrected chi connectivity index (χ1v) is 6.42. The molecule has 3 nitrogen and oxygen atoms in total. The standard InChI is InChI=1S/C14H20N2O/c1-9-3-11(4-9)13-10(2)5-12(6-16-13)14(15)7-17-8-14/h5-6,9,11H,3-4,7-8,15H2,1-2H3. The van der Waals surface area contributed by atoms with Crippen molar-refractivity contribution in [1.82, 2.24) is 4.98 Å². The van der Waals surface area contributed by atoms with Gasteiger partial charge in [-0.25, -0.2) is 0 Å². The molecule has 0 unspecified atom stereocenters. The first kappa shape index (κ1) is 11.2. The third-order valence-corrected chi connectivity index (χ3v) is 4.17. The average molecular weight is 232 g/mol. The Bertz CT molecular complexity index is 434. The number of nitrogens with zero attached hydrogens (tertiary/aromatic N) is 1. The van der Waals surface area contributed by atoms with Crippen LogP contribution < -0.4 is 5.73 Å². The van der Waals surface area contributed by atoms with Crippen molar-refractivity contribution in [2.45, 2.75) is 38.1 Å². The SMILES string of the molecule is Cc1cc(C2(N)COC2)cnc1C1CC(C)C1. The molecular weight excluding hydrogens is 212 g/mol. The molecule has 3 rings (SSSR count). The predicted octanol–water partition coefficient (Wildman–Crippen LogP) is 2.09. The maximum atomic E-state index is 6.22. The van der Waals surface area contributed by atoms with Gasteiger partial charge in [-0.05, 0) is 36.8 Å². The lowest BCUT2D eigenvalue weighted by molar-refractivity contribution is -0.0571. The van der Waals surface area contributed by atoms with Crippen LogP contribution >= 0.6 is 0 Å². The van der Waals surface area contributed by atoms with Crippen LogP contribution in [-0.4, -0.2) is 18.2 Å². The molecule has 0 radical (unpaired) electrons. The summed E-state index contributed by atoms with van der Waals surface area (Å²) in [6, 6.07) is 2.20.